The Morgan fingerprint density at radius 3 is 2.42 bits per heavy atom. The highest BCUT2D eigenvalue weighted by molar-refractivity contribution is 5.94. The average Bonchev–Trinajstić information content (AvgIpc) is 3.33. The molecule has 0 aliphatic carbocycles. The maximum absolute atomic E-state index is 12.8. The van der Waals surface area contributed by atoms with E-state index >= 15 is 0 Å². The van der Waals surface area contributed by atoms with Crippen LogP contribution in [0.5, 0.6) is 0 Å². The molecular weight excluding hydrogens is 481 g/mol. The maximum Gasteiger partial charge on any atom is 0.490 e. The fourth-order valence-corrected chi connectivity index (χ4v) is 4.12. The third-order valence-electron chi connectivity index (χ3n) is 5.95. The molecule has 13 heteroatoms. The zero-order valence-corrected chi connectivity index (χ0v) is 19.3. The summed E-state index contributed by atoms with van der Waals surface area (Å²) in [6, 6.07) is 7.65. The number of aliphatic carboxylic acids is 1. The van der Waals surface area contributed by atoms with Gasteiger partial charge in [-0.05, 0) is 37.1 Å². The lowest BCUT2D eigenvalue weighted by Gasteiger charge is -2.31. The first kappa shape index (κ1) is 25.4. The van der Waals surface area contributed by atoms with Crippen LogP contribution in [0.2, 0.25) is 0 Å². The van der Waals surface area contributed by atoms with E-state index in [0.717, 1.165) is 62.8 Å². The molecule has 0 bridgehead atoms. The minimum Gasteiger partial charge on any atom is -0.475 e. The van der Waals surface area contributed by atoms with Crippen molar-refractivity contribution >= 4 is 23.2 Å². The Morgan fingerprint density at radius 2 is 1.75 bits per heavy atom. The Morgan fingerprint density at radius 1 is 1.06 bits per heavy atom. The summed E-state index contributed by atoms with van der Waals surface area (Å²) in [6.45, 7) is 4.71. The lowest BCUT2D eigenvalue weighted by molar-refractivity contribution is -0.192. The van der Waals surface area contributed by atoms with Gasteiger partial charge in [0.05, 0.1) is 25.1 Å². The van der Waals surface area contributed by atoms with E-state index in [9.17, 15) is 18.0 Å². The van der Waals surface area contributed by atoms with Crippen molar-refractivity contribution in [1.82, 2.24) is 24.5 Å². The number of alkyl halides is 3. The van der Waals surface area contributed by atoms with Crippen LogP contribution < -0.4 is 4.90 Å². The second-order valence-corrected chi connectivity index (χ2v) is 8.39. The third kappa shape index (κ3) is 6.08. The van der Waals surface area contributed by atoms with Crippen LogP contribution in [-0.4, -0.2) is 87.0 Å². The van der Waals surface area contributed by atoms with Crippen molar-refractivity contribution in [2.24, 2.45) is 0 Å². The molecule has 10 nitrogen and oxygen atoms in total. The SMILES string of the molecule is O=C(O)C(F)(F)F.O=C(c1ccncc1)N1CCCC(c2nc3ccc(N4CCOCC4)cn3n2)C1. The summed E-state index contributed by atoms with van der Waals surface area (Å²) in [5.41, 5.74) is 2.66. The van der Waals surface area contributed by atoms with Gasteiger partial charge in [0.25, 0.3) is 5.91 Å². The predicted molar refractivity (Wildman–Crippen MR) is 122 cm³/mol. The minimum atomic E-state index is -5.08. The van der Waals surface area contributed by atoms with E-state index in [1.165, 1.54) is 0 Å². The van der Waals surface area contributed by atoms with Gasteiger partial charge in [0.2, 0.25) is 0 Å². The molecule has 3 aromatic heterocycles. The van der Waals surface area contributed by atoms with Crippen LogP contribution in [0.4, 0.5) is 18.9 Å². The molecule has 0 spiro atoms. The zero-order valence-electron chi connectivity index (χ0n) is 19.3. The van der Waals surface area contributed by atoms with Gasteiger partial charge >= 0.3 is 12.1 Å². The number of carbonyl (C=O) groups is 2. The standard InChI is InChI=1S/C21H24N6O2.C2HF3O2/c28-21(16-5-7-22-8-6-16)26-9-1-2-17(14-26)20-23-19-4-3-18(15-27(19)24-20)25-10-12-29-13-11-25;3-2(4,5)1(6)7/h3-8,15,17H,1-2,9-14H2;(H,6,7). The number of anilines is 1. The van der Waals surface area contributed by atoms with Crippen molar-refractivity contribution in [3.8, 4) is 0 Å². The van der Waals surface area contributed by atoms with E-state index in [-0.39, 0.29) is 11.8 Å². The van der Waals surface area contributed by atoms with Gasteiger partial charge in [-0.1, -0.05) is 0 Å². The normalized spacial score (nSPS) is 18.5. The van der Waals surface area contributed by atoms with Gasteiger partial charge in [0.1, 0.15) is 0 Å². The third-order valence-corrected chi connectivity index (χ3v) is 5.95. The van der Waals surface area contributed by atoms with Crippen molar-refractivity contribution in [2.75, 3.05) is 44.3 Å². The number of hydrogen-bond donors (Lipinski definition) is 1. The Hall–Kier alpha value is -3.74. The molecule has 2 fully saturated rings. The van der Waals surface area contributed by atoms with Crippen LogP contribution in [0.25, 0.3) is 5.65 Å². The molecule has 1 unspecified atom stereocenters. The highest BCUT2D eigenvalue weighted by Gasteiger charge is 2.38. The molecule has 1 atom stereocenters. The molecule has 5 rings (SSSR count). The summed E-state index contributed by atoms with van der Waals surface area (Å²) >= 11 is 0. The number of amides is 1. The molecule has 0 saturated carbocycles. The first-order chi connectivity index (χ1) is 17.2. The molecule has 36 heavy (non-hydrogen) atoms. The van der Waals surface area contributed by atoms with Crippen LogP contribution in [0.15, 0.2) is 42.9 Å². The van der Waals surface area contributed by atoms with Crippen LogP contribution >= 0.6 is 0 Å². The van der Waals surface area contributed by atoms with Gasteiger partial charge < -0.3 is 19.6 Å². The Bertz CT molecular complexity index is 1200. The predicted octanol–water partition coefficient (Wildman–Crippen LogP) is 2.61. The van der Waals surface area contributed by atoms with Crippen molar-refractivity contribution in [3.05, 3.63) is 54.2 Å². The summed E-state index contributed by atoms with van der Waals surface area (Å²) in [5.74, 6) is -1.74. The number of hydrogen-bond acceptors (Lipinski definition) is 7. The van der Waals surface area contributed by atoms with Gasteiger partial charge in [0.15, 0.2) is 11.5 Å². The molecule has 0 aromatic carbocycles. The van der Waals surface area contributed by atoms with Crippen molar-refractivity contribution in [2.45, 2.75) is 24.9 Å². The first-order valence-corrected chi connectivity index (χ1v) is 11.4. The minimum absolute atomic E-state index is 0.0514. The fourth-order valence-electron chi connectivity index (χ4n) is 4.12. The van der Waals surface area contributed by atoms with E-state index in [1.807, 2.05) is 21.7 Å². The number of piperidine rings is 1. The molecule has 1 amide bonds. The smallest absolute Gasteiger partial charge is 0.475 e. The van der Waals surface area contributed by atoms with E-state index in [0.29, 0.717) is 12.1 Å². The Balaban J connectivity index is 0.000000384. The largest absolute Gasteiger partial charge is 0.490 e. The number of carboxylic acids is 1. The molecule has 192 valence electrons. The lowest BCUT2D eigenvalue weighted by Crippen LogP contribution is -2.39. The number of carbonyl (C=O) groups excluding carboxylic acids is 1. The van der Waals surface area contributed by atoms with Crippen molar-refractivity contribution in [1.29, 1.82) is 0 Å². The number of aromatic nitrogens is 4. The quantitative estimate of drug-likeness (QED) is 0.577. The van der Waals surface area contributed by atoms with Gasteiger partial charge in [-0.25, -0.2) is 14.3 Å². The van der Waals surface area contributed by atoms with E-state index in [4.69, 9.17) is 24.7 Å². The van der Waals surface area contributed by atoms with E-state index < -0.39 is 12.1 Å². The second-order valence-electron chi connectivity index (χ2n) is 8.39. The summed E-state index contributed by atoms with van der Waals surface area (Å²) in [6.07, 6.45) is 2.22. The molecular formula is C23H25F3N6O4. The summed E-state index contributed by atoms with van der Waals surface area (Å²) in [4.78, 5) is 34.7. The van der Waals surface area contributed by atoms with Gasteiger partial charge in [0, 0.05) is 50.1 Å². The second kappa shape index (κ2) is 10.9. The van der Waals surface area contributed by atoms with Crippen LogP contribution in [-0.2, 0) is 9.53 Å². The monoisotopic (exact) mass is 506 g/mol. The lowest BCUT2D eigenvalue weighted by atomic mass is 9.97. The van der Waals surface area contributed by atoms with Gasteiger partial charge in [-0.15, -0.1) is 0 Å². The summed E-state index contributed by atoms with van der Waals surface area (Å²) in [5, 5.41) is 11.9. The number of rotatable bonds is 3. The molecule has 2 saturated heterocycles. The molecule has 0 radical (unpaired) electrons. The molecule has 3 aromatic rings. The molecule has 2 aliphatic rings. The highest BCUT2D eigenvalue weighted by Crippen LogP contribution is 2.27. The van der Waals surface area contributed by atoms with Gasteiger partial charge in [-0.3, -0.25) is 9.78 Å². The number of ether oxygens (including phenoxy) is 1. The van der Waals surface area contributed by atoms with Crippen molar-refractivity contribution < 1.29 is 32.6 Å². The van der Waals surface area contributed by atoms with Crippen molar-refractivity contribution in [3.63, 3.8) is 0 Å². The topological polar surface area (TPSA) is 113 Å². The van der Waals surface area contributed by atoms with Gasteiger partial charge in [-0.2, -0.15) is 18.3 Å². The number of likely N-dealkylation sites (tertiary alicyclic amines) is 1. The number of pyridine rings is 2. The number of halogens is 3. The molecule has 5 heterocycles. The first-order valence-electron chi connectivity index (χ1n) is 11.4. The Labute approximate surface area is 204 Å². The van der Waals surface area contributed by atoms with E-state index in [1.54, 1.807) is 24.5 Å². The summed E-state index contributed by atoms with van der Waals surface area (Å²) < 4.78 is 39.0. The molecule has 1 N–H and O–H groups in total. The zero-order chi connectivity index (χ0) is 25.7. The number of morpholine rings is 1. The van der Waals surface area contributed by atoms with Crippen LogP contribution in [0.1, 0.15) is 34.9 Å². The van der Waals surface area contributed by atoms with E-state index in [2.05, 4.69) is 16.0 Å². The highest BCUT2D eigenvalue weighted by atomic mass is 19.4. The number of nitrogens with zero attached hydrogens (tertiary/aromatic N) is 6. The Kier molecular flexibility index (Phi) is 7.67. The molecule has 2 aliphatic heterocycles. The fraction of sp³-hybridized carbons (Fsp3) is 0.435. The maximum atomic E-state index is 12.8. The summed E-state index contributed by atoms with van der Waals surface area (Å²) in [7, 11) is 0. The average molecular weight is 506 g/mol. The number of carboxylic acid groups (broad SMARTS) is 1. The number of fused-ring (bicyclic) bond motifs is 1. The van der Waals surface area contributed by atoms with Crippen LogP contribution in [0.3, 0.4) is 0 Å². The van der Waals surface area contributed by atoms with Crippen LogP contribution in [0, 0.1) is 0 Å².